The van der Waals surface area contributed by atoms with E-state index < -0.39 is 0 Å². The Morgan fingerprint density at radius 1 is 1.40 bits per heavy atom. The monoisotopic (exact) mass is 222 g/mol. The largest absolute Gasteiger partial charge is 0.383 e. The molecule has 0 radical (unpaired) electrons. The molecule has 0 aliphatic carbocycles. The minimum atomic E-state index is -0.192. The topological polar surface area (TPSA) is 24.7 Å². The molecule has 4 heterocycles. The molecule has 0 unspecified atom stereocenters. The van der Waals surface area contributed by atoms with Gasteiger partial charge in [0.1, 0.15) is 11.8 Å². The average molecular weight is 222 g/mol. The summed E-state index contributed by atoms with van der Waals surface area (Å²) in [4.78, 5) is 1.50. The van der Waals surface area contributed by atoms with Crippen LogP contribution in [0.25, 0.3) is 6.08 Å². The zero-order valence-electron chi connectivity index (χ0n) is 8.65. The van der Waals surface area contributed by atoms with Gasteiger partial charge in [-0.25, -0.2) is 0 Å². The van der Waals surface area contributed by atoms with Gasteiger partial charge in [0.15, 0.2) is 0 Å². The van der Waals surface area contributed by atoms with Gasteiger partial charge in [0.2, 0.25) is 0 Å². The van der Waals surface area contributed by atoms with Crippen LogP contribution < -0.4 is 4.90 Å². The molecule has 0 spiro atoms. The number of aliphatic hydroxyl groups is 1. The molecule has 2 nitrogen and oxygen atoms in total. The van der Waals surface area contributed by atoms with E-state index in [1.54, 1.807) is 11.3 Å². The third-order valence-electron chi connectivity index (χ3n) is 3.67. The van der Waals surface area contributed by atoms with Crippen molar-refractivity contribution < 1.29 is 10.0 Å². The predicted octanol–water partition coefficient (Wildman–Crippen LogP) is 0.758. The number of hydrogen-bond acceptors (Lipinski definition) is 2. The van der Waals surface area contributed by atoms with Crippen LogP contribution >= 0.6 is 11.3 Å². The van der Waals surface area contributed by atoms with Gasteiger partial charge in [0.25, 0.3) is 0 Å². The molecule has 3 aliphatic heterocycles. The summed E-state index contributed by atoms with van der Waals surface area (Å²) < 4.78 is 0. The molecule has 0 amide bonds. The second-order valence-electron chi connectivity index (χ2n) is 4.54. The first-order chi connectivity index (χ1) is 7.34. The zero-order chi connectivity index (χ0) is 10.3. The van der Waals surface area contributed by atoms with Crippen molar-refractivity contribution in [3.05, 3.63) is 28.1 Å². The molecule has 4 rings (SSSR count). The second-order valence-corrected chi connectivity index (χ2v) is 5.32. The van der Waals surface area contributed by atoms with Crippen molar-refractivity contribution >= 4 is 17.4 Å². The second kappa shape index (κ2) is 3.74. The molecule has 3 fully saturated rings. The summed E-state index contributed by atoms with van der Waals surface area (Å²) in [5, 5.41) is 14.4. The highest BCUT2D eigenvalue weighted by molar-refractivity contribution is 7.08. The lowest BCUT2D eigenvalue weighted by molar-refractivity contribution is -0.880. The third kappa shape index (κ3) is 1.65. The van der Waals surface area contributed by atoms with Gasteiger partial charge in [0, 0.05) is 24.8 Å². The molecule has 80 valence electrons. The highest BCUT2D eigenvalue weighted by Crippen LogP contribution is 2.25. The lowest BCUT2D eigenvalue weighted by atomic mass is 9.83. The number of fused-ring (bicyclic) bond motifs is 3. The summed E-state index contributed by atoms with van der Waals surface area (Å²) in [6.07, 6.45) is 4.37. The van der Waals surface area contributed by atoms with Crippen molar-refractivity contribution in [3.63, 3.8) is 0 Å². The maximum Gasteiger partial charge on any atom is 0.137 e. The number of quaternary nitrogens is 1. The Bertz CT molecular complexity index is 359. The molecule has 3 heteroatoms. The first kappa shape index (κ1) is 9.58. The molecule has 2 bridgehead atoms. The quantitative estimate of drug-likeness (QED) is 0.720. The molecule has 3 aliphatic rings. The minimum Gasteiger partial charge on any atom is -0.383 e. The fourth-order valence-corrected chi connectivity index (χ4v) is 3.40. The lowest BCUT2D eigenvalue weighted by Crippen LogP contribution is -3.14. The fourth-order valence-electron chi connectivity index (χ4n) is 2.78. The molecule has 0 aromatic carbocycles. The maximum atomic E-state index is 10.2. The molecule has 3 saturated heterocycles. The molecule has 15 heavy (non-hydrogen) atoms. The molecule has 1 aromatic heterocycles. The van der Waals surface area contributed by atoms with Gasteiger partial charge < -0.3 is 10.0 Å². The molecule has 1 aromatic rings. The number of rotatable bonds is 1. The van der Waals surface area contributed by atoms with E-state index in [1.165, 1.54) is 42.1 Å². The minimum absolute atomic E-state index is 0.192. The van der Waals surface area contributed by atoms with Crippen molar-refractivity contribution in [3.8, 4) is 0 Å². The summed E-state index contributed by atoms with van der Waals surface area (Å²) in [7, 11) is 0. The van der Waals surface area contributed by atoms with Crippen LogP contribution in [0.4, 0.5) is 0 Å². The molecule has 0 saturated carbocycles. The van der Waals surface area contributed by atoms with E-state index in [2.05, 4.69) is 22.9 Å². The summed E-state index contributed by atoms with van der Waals surface area (Å²) in [5.74, 6) is 0.521. The number of piperidine rings is 3. The average Bonchev–Trinajstić information content (AvgIpc) is 2.77. The van der Waals surface area contributed by atoms with Gasteiger partial charge in [-0.2, -0.15) is 11.3 Å². The number of aliphatic hydroxyl groups excluding tert-OH is 1. The van der Waals surface area contributed by atoms with E-state index >= 15 is 0 Å². The molecule has 2 N–H and O–H groups in total. The van der Waals surface area contributed by atoms with Crippen molar-refractivity contribution in [2.45, 2.75) is 18.9 Å². The van der Waals surface area contributed by atoms with E-state index in [9.17, 15) is 5.11 Å². The van der Waals surface area contributed by atoms with Crippen LogP contribution in [0.5, 0.6) is 0 Å². The van der Waals surface area contributed by atoms with Crippen LogP contribution in [-0.4, -0.2) is 24.3 Å². The third-order valence-corrected chi connectivity index (χ3v) is 4.37. The van der Waals surface area contributed by atoms with Crippen LogP contribution in [0.1, 0.15) is 18.4 Å². The summed E-state index contributed by atoms with van der Waals surface area (Å²) in [6.45, 7) is 2.41. The highest BCUT2D eigenvalue weighted by Gasteiger charge is 2.40. The Kier molecular flexibility index (Phi) is 2.39. The Balaban J connectivity index is 1.92. The Morgan fingerprint density at radius 3 is 2.80 bits per heavy atom. The van der Waals surface area contributed by atoms with Gasteiger partial charge in [-0.15, -0.1) is 0 Å². The summed E-state index contributed by atoms with van der Waals surface area (Å²) in [6, 6.07) is 2.12. The maximum absolute atomic E-state index is 10.2. The van der Waals surface area contributed by atoms with Crippen molar-refractivity contribution in [1.29, 1.82) is 0 Å². The van der Waals surface area contributed by atoms with E-state index in [4.69, 9.17) is 0 Å². The predicted molar refractivity (Wildman–Crippen MR) is 61.7 cm³/mol. The van der Waals surface area contributed by atoms with Crippen molar-refractivity contribution in [2.24, 2.45) is 5.92 Å². The number of hydrogen-bond donors (Lipinski definition) is 2. The van der Waals surface area contributed by atoms with Crippen LogP contribution in [-0.2, 0) is 0 Å². The van der Waals surface area contributed by atoms with Crippen molar-refractivity contribution in [2.75, 3.05) is 13.1 Å². The fraction of sp³-hybridized carbons (Fsp3) is 0.500. The summed E-state index contributed by atoms with van der Waals surface area (Å²) >= 11 is 1.71. The van der Waals surface area contributed by atoms with Gasteiger partial charge >= 0.3 is 0 Å². The molecular formula is C12H16NOS+. The number of nitrogens with one attached hydrogen (secondary N) is 1. The van der Waals surface area contributed by atoms with Crippen LogP contribution in [0.15, 0.2) is 22.5 Å². The van der Waals surface area contributed by atoms with E-state index in [0.29, 0.717) is 5.92 Å². The van der Waals surface area contributed by atoms with Crippen molar-refractivity contribution in [1.82, 2.24) is 0 Å². The lowest BCUT2D eigenvalue weighted by Gasteiger charge is -2.40. The van der Waals surface area contributed by atoms with Gasteiger partial charge in [-0.05, 0) is 22.4 Å². The van der Waals surface area contributed by atoms with E-state index in [-0.39, 0.29) is 6.10 Å². The smallest absolute Gasteiger partial charge is 0.137 e. The Hall–Kier alpha value is -0.640. The van der Waals surface area contributed by atoms with Crippen LogP contribution in [0.3, 0.4) is 0 Å². The molecular weight excluding hydrogens is 206 g/mol. The van der Waals surface area contributed by atoms with E-state index in [0.717, 1.165) is 0 Å². The van der Waals surface area contributed by atoms with Crippen LogP contribution in [0, 0.1) is 5.92 Å². The van der Waals surface area contributed by atoms with Gasteiger partial charge in [-0.1, -0.05) is 0 Å². The van der Waals surface area contributed by atoms with Crippen LogP contribution in [0.2, 0.25) is 0 Å². The Morgan fingerprint density at radius 2 is 2.20 bits per heavy atom. The first-order valence-corrected chi connectivity index (χ1v) is 6.56. The van der Waals surface area contributed by atoms with Gasteiger partial charge in [-0.3, -0.25) is 0 Å². The normalized spacial score (nSPS) is 37.4. The SMILES string of the molecule is O[C@H]1/C(=C/c2ccsc2)[NH+]2CCC1CC2. The summed E-state index contributed by atoms with van der Waals surface area (Å²) in [5.41, 5.74) is 2.46. The highest BCUT2D eigenvalue weighted by atomic mass is 32.1. The first-order valence-electron chi connectivity index (χ1n) is 5.61. The standard InChI is InChI=1S/C12H15NOS/c14-12-10-1-4-13(5-2-10)11(12)7-9-3-6-15-8-9/h3,6-8,10,12,14H,1-2,4-5H2/p+1/b11-7-/t12-/m1/s1. The Labute approximate surface area is 93.8 Å². The zero-order valence-corrected chi connectivity index (χ0v) is 9.46. The molecule has 1 atom stereocenters. The van der Waals surface area contributed by atoms with Gasteiger partial charge in [0.05, 0.1) is 13.1 Å². The number of thiophene rings is 1. The van der Waals surface area contributed by atoms with E-state index in [1.807, 2.05) is 0 Å².